The molecule has 0 bridgehead atoms. The lowest BCUT2D eigenvalue weighted by molar-refractivity contribution is -0.137. The molecule has 0 aliphatic carbocycles. The van der Waals surface area contributed by atoms with Crippen molar-refractivity contribution in [3.05, 3.63) is 28.7 Å². The molecule has 0 amide bonds. The van der Waals surface area contributed by atoms with E-state index >= 15 is 0 Å². The maximum Gasteiger partial charge on any atom is 0.417 e. The molecule has 0 spiro atoms. The first-order valence-corrected chi connectivity index (χ1v) is 8.71. The summed E-state index contributed by atoms with van der Waals surface area (Å²) in [6.07, 6.45) is -2.67. The van der Waals surface area contributed by atoms with E-state index in [4.69, 9.17) is 11.6 Å². The van der Waals surface area contributed by atoms with Crippen LogP contribution in [0.2, 0.25) is 5.02 Å². The zero-order valence-electron chi connectivity index (χ0n) is 14.2. The van der Waals surface area contributed by atoms with Crippen LogP contribution < -0.4 is 4.90 Å². The number of anilines is 1. The molecule has 1 aliphatic heterocycles. The Labute approximate surface area is 153 Å². The van der Waals surface area contributed by atoms with Gasteiger partial charge in [0.15, 0.2) is 5.82 Å². The summed E-state index contributed by atoms with van der Waals surface area (Å²) in [5.41, 5.74) is -0.840. The minimum Gasteiger partial charge on any atom is -0.353 e. The quantitative estimate of drug-likeness (QED) is 0.783. The van der Waals surface area contributed by atoms with Crippen LogP contribution in [0.3, 0.4) is 0 Å². The standard InChI is InChI=1S/C15H19ClF3N7/c1-2-3-26-13(21-22-23-26)10-24-4-6-25(7-5-24)14-12(16)8-11(9-20-14)15(17,18)19/h8-9H,2-7,10H2,1H3. The van der Waals surface area contributed by atoms with Crippen LogP contribution >= 0.6 is 11.6 Å². The van der Waals surface area contributed by atoms with E-state index in [-0.39, 0.29) is 5.02 Å². The van der Waals surface area contributed by atoms with Crippen molar-refractivity contribution in [3.63, 3.8) is 0 Å². The molecule has 11 heteroatoms. The van der Waals surface area contributed by atoms with Gasteiger partial charge in [0.05, 0.1) is 17.1 Å². The van der Waals surface area contributed by atoms with E-state index in [0.717, 1.165) is 44.1 Å². The van der Waals surface area contributed by atoms with Crippen molar-refractivity contribution >= 4 is 17.4 Å². The fourth-order valence-electron chi connectivity index (χ4n) is 2.86. The van der Waals surface area contributed by atoms with Crippen LogP contribution in [0.25, 0.3) is 0 Å². The van der Waals surface area contributed by atoms with Crippen molar-refractivity contribution in [1.29, 1.82) is 0 Å². The van der Waals surface area contributed by atoms with Crippen LogP contribution in [0, 0.1) is 0 Å². The van der Waals surface area contributed by atoms with E-state index in [1.54, 1.807) is 4.68 Å². The average molecular weight is 390 g/mol. The molecular formula is C15H19ClF3N7. The van der Waals surface area contributed by atoms with E-state index in [0.29, 0.717) is 25.5 Å². The topological polar surface area (TPSA) is 63.0 Å². The molecule has 0 radical (unpaired) electrons. The number of alkyl halides is 3. The first-order valence-electron chi connectivity index (χ1n) is 8.33. The van der Waals surface area contributed by atoms with Gasteiger partial charge >= 0.3 is 6.18 Å². The molecular weight excluding hydrogens is 371 g/mol. The number of nitrogens with zero attached hydrogens (tertiary/aromatic N) is 7. The number of hydrogen-bond donors (Lipinski definition) is 0. The van der Waals surface area contributed by atoms with Crippen molar-refractivity contribution < 1.29 is 13.2 Å². The highest BCUT2D eigenvalue weighted by Crippen LogP contribution is 2.33. The van der Waals surface area contributed by atoms with Gasteiger partial charge in [0.25, 0.3) is 0 Å². The molecule has 1 aliphatic rings. The molecule has 142 valence electrons. The second-order valence-electron chi connectivity index (χ2n) is 6.11. The number of aryl methyl sites for hydroxylation is 1. The van der Waals surface area contributed by atoms with Gasteiger partial charge in [0, 0.05) is 38.9 Å². The third-order valence-electron chi connectivity index (χ3n) is 4.23. The van der Waals surface area contributed by atoms with Crippen LogP contribution in [0.4, 0.5) is 19.0 Å². The van der Waals surface area contributed by atoms with Crippen molar-refractivity contribution in [3.8, 4) is 0 Å². The fraction of sp³-hybridized carbons (Fsp3) is 0.600. The Kier molecular flexibility index (Phi) is 5.61. The Hall–Kier alpha value is -1.94. The normalized spacial score (nSPS) is 16.3. The summed E-state index contributed by atoms with van der Waals surface area (Å²) in [6, 6.07) is 0.926. The number of halogens is 4. The molecule has 0 aromatic carbocycles. The van der Waals surface area contributed by atoms with Gasteiger partial charge in [-0.1, -0.05) is 18.5 Å². The fourth-order valence-corrected chi connectivity index (χ4v) is 3.14. The third-order valence-corrected chi connectivity index (χ3v) is 4.51. The Morgan fingerprint density at radius 1 is 1.19 bits per heavy atom. The molecule has 7 nitrogen and oxygen atoms in total. The minimum absolute atomic E-state index is 0.0140. The van der Waals surface area contributed by atoms with E-state index < -0.39 is 11.7 Å². The second kappa shape index (κ2) is 7.75. The van der Waals surface area contributed by atoms with Gasteiger partial charge in [-0.25, -0.2) is 9.67 Å². The maximum atomic E-state index is 12.7. The minimum atomic E-state index is -4.45. The average Bonchev–Trinajstić information content (AvgIpc) is 3.02. The molecule has 0 atom stereocenters. The van der Waals surface area contributed by atoms with Gasteiger partial charge in [-0.2, -0.15) is 13.2 Å². The largest absolute Gasteiger partial charge is 0.417 e. The van der Waals surface area contributed by atoms with E-state index in [9.17, 15) is 13.2 Å². The third kappa shape index (κ3) is 4.24. The van der Waals surface area contributed by atoms with E-state index in [1.807, 2.05) is 4.90 Å². The molecule has 3 rings (SSSR count). The van der Waals surface area contributed by atoms with E-state index in [1.165, 1.54) is 0 Å². The lowest BCUT2D eigenvalue weighted by Crippen LogP contribution is -2.46. The van der Waals surface area contributed by atoms with E-state index in [2.05, 4.69) is 32.3 Å². The zero-order chi connectivity index (χ0) is 18.7. The number of tetrazole rings is 1. The Balaban J connectivity index is 1.61. The summed E-state index contributed by atoms with van der Waals surface area (Å²) < 4.78 is 40.0. The SMILES string of the molecule is CCCn1nnnc1CN1CCN(c2ncc(C(F)(F)F)cc2Cl)CC1. The number of hydrogen-bond acceptors (Lipinski definition) is 6. The van der Waals surface area contributed by atoms with Crippen molar-refractivity contribution in [1.82, 2.24) is 30.1 Å². The van der Waals surface area contributed by atoms with Gasteiger partial charge in [-0.15, -0.1) is 5.10 Å². The van der Waals surface area contributed by atoms with Crippen LogP contribution in [0.1, 0.15) is 24.7 Å². The predicted octanol–water partition coefficient (Wildman–Crippen LogP) is 2.47. The highest BCUT2D eigenvalue weighted by Gasteiger charge is 2.32. The molecule has 2 aromatic rings. The molecule has 0 saturated carbocycles. The summed E-state index contributed by atoms with van der Waals surface area (Å²) in [5.74, 6) is 1.20. The lowest BCUT2D eigenvalue weighted by Gasteiger charge is -2.35. The number of aromatic nitrogens is 5. The Morgan fingerprint density at radius 3 is 2.54 bits per heavy atom. The van der Waals surface area contributed by atoms with Gasteiger partial charge < -0.3 is 4.90 Å². The lowest BCUT2D eigenvalue weighted by atomic mass is 10.2. The number of pyridine rings is 1. The van der Waals surface area contributed by atoms with Crippen molar-refractivity contribution in [2.45, 2.75) is 32.6 Å². The molecule has 26 heavy (non-hydrogen) atoms. The Morgan fingerprint density at radius 2 is 1.92 bits per heavy atom. The molecule has 0 unspecified atom stereocenters. The van der Waals surface area contributed by atoms with Gasteiger partial charge in [0.2, 0.25) is 0 Å². The van der Waals surface area contributed by atoms with Gasteiger partial charge in [-0.3, -0.25) is 4.90 Å². The molecule has 0 N–H and O–H groups in total. The van der Waals surface area contributed by atoms with Crippen LogP contribution in [0.15, 0.2) is 12.3 Å². The zero-order valence-corrected chi connectivity index (χ0v) is 15.0. The molecule has 1 saturated heterocycles. The predicted molar refractivity (Wildman–Crippen MR) is 89.8 cm³/mol. The summed E-state index contributed by atoms with van der Waals surface area (Å²) >= 11 is 6.03. The first-order chi connectivity index (χ1) is 12.4. The summed E-state index contributed by atoms with van der Waals surface area (Å²) in [4.78, 5) is 8.02. The molecule has 2 aromatic heterocycles. The summed E-state index contributed by atoms with van der Waals surface area (Å²) in [5, 5.41) is 11.8. The monoisotopic (exact) mass is 389 g/mol. The highest BCUT2D eigenvalue weighted by atomic mass is 35.5. The van der Waals surface area contributed by atoms with Crippen molar-refractivity contribution in [2.24, 2.45) is 0 Å². The summed E-state index contributed by atoms with van der Waals surface area (Å²) in [6.45, 7) is 6.14. The first kappa shape index (κ1) is 18.8. The second-order valence-corrected chi connectivity index (χ2v) is 6.52. The Bertz CT molecular complexity index is 741. The summed E-state index contributed by atoms with van der Waals surface area (Å²) in [7, 11) is 0. The molecule has 3 heterocycles. The molecule has 1 fully saturated rings. The maximum absolute atomic E-state index is 12.7. The van der Waals surface area contributed by atoms with Gasteiger partial charge in [-0.05, 0) is 22.9 Å². The highest BCUT2D eigenvalue weighted by molar-refractivity contribution is 6.33. The van der Waals surface area contributed by atoms with Crippen LogP contribution in [-0.4, -0.2) is 56.3 Å². The van der Waals surface area contributed by atoms with Gasteiger partial charge in [0.1, 0.15) is 5.82 Å². The van der Waals surface area contributed by atoms with Crippen LogP contribution in [-0.2, 0) is 19.3 Å². The number of piperazine rings is 1. The van der Waals surface area contributed by atoms with Crippen LogP contribution in [0.5, 0.6) is 0 Å². The smallest absolute Gasteiger partial charge is 0.353 e. The number of rotatable bonds is 5. The van der Waals surface area contributed by atoms with Crippen molar-refractivity contribution in [2.75, 3.05) is 31.1 Å².